The van der Waals surface area contributed by atoms with Crippen molar-refractivity contribution in [2.75, 3.05) is 0 Å². The maximum atomic E-state index is 5.40. The first-order valence-corrected chi connectivity index (χ1v) is 27.6. The molecule has 0 N–H and O–H groups in total. The van der Waals surface area contributed by atoms with Crippen molar-refractivity contribution in [1.82, 2.24) is 19.1 Å². The molecule has 4 heterocycles. The number of fused-ring (bicyclic) bond motifs is 8. The Hall–Kier alpha value is -7.04. The fourth-order valence-electron chi connectivity index (χ4n) is 11.5. The van der Waals surface area contributed by atoms with Gasteiger partial charge in [-0.2, -0.15) is 0 Å². The molecule has 0 amide bonds. The van der Waals surface area contributed by atoms with Crippen molar-refractivity contribution >= 4 is 65.2 Å². The minimum atomic E-state index is -0.0493. The number of nitrogens with zero attached hydrogens (tertiary/aromatic N) is 4. The van der Waals surface area contributed by atoms with Gasteiger partial charge >= 0.3 is 0 Å². The fraction of sp³-hybridized carbons (Fsp3) is 0.333. The SMILES string of the molecule is CC(C)(C)c1ccc(-c2c3ccc(-n4c5ccc(C(C)(C)C)cc5c5cc(C(C)(C)C)ccc54)cc3c(-c3ccc(C(C)(C)C)cn3)c3ccc(-n4c5ccc(C(C)(C)C)cc5c5cc(C(C)(C)C)ccc54)cc23)nc1. The molecule has 0 fully saturated rings. The molecule has 4 nitrogen and oxygen atoms in total. The fourth-order valence-corrected chi connectivity index (χ4v) is 11.5. The van der Waals surface area contributed by atoms with Crippen molar-refractivity contribution in [3.05, 3.63) is 179 Å². The van der Waals surface area contributed by atoms with Crippen LogP contribution in [0.25, 0.3) is 99.0 Å². The molecule has 0 aliphatic rings. The van der Waals surface area contributed by atoms with Crippen molar-refractivity contribution in [3.63, 3.8) is 0 Å². The Bertz CT molecular complexity index is 3700. The Labute approximate surface area is 452 Å². The lowest BCUT2D eigenvalue weighted by atomic mass is 9.85. The zero-order valence-corrected chi connectivity index (χ0v) is 48.6. The zero-order chi connectivity index (χ0) is 54.4. The summed E-state index contributed by atoms with van der Waals surface area (Å²) < 4.78 is 4.98. The van der Waals surface area contributed by atoms with E-state index in [1.54, 1.807) is 0 Å². The minimum absolute atomic E-state index is 0.00120. The zero-order valence-electron chi connectivity index (χ0n) is 48.6. The molecule has 76 heavy (non-hydrogen) atoms. The summed E-state index contributed by atoms with van der Waals surface area (Å²) in [4.78, 5) is 10.8. The largest absolute Gasteiger partial charge is 0.309 e. The molecular weight excluding hydrogens is 921 g/mol. The first-order valence-electron chi connectivity index (χ1n) is 27.6. The monoisotopic (exact) mass is 999 g/mol. The molecule has 4 aromatic heterocycles. The Morgan fingerprint density at radius 3 is 0.750 bits per heavy atom. The standard InChI is InChI=1S/C72H78N4/c1-67(2,3)43-21-31-61-53(35-43)54-36-44(68(4,5)6)22-32-62(54)75(61)49-25-27-51-57(39-49)65(59-29-19-47(41-73-59)71(13,14)15)52-28-26-50(40-58(52)66(51)60-30-20-48(42-74-60)72(16,17)18)76-63-33-23-45(69(7,8)9)37-55(63)56-38-46(70(10,11)12)24-34-64(56)76/h19-42H,1-18H3. The summed E-state index contributed by atoms with van der Waals surface area (Å²) in [5, 5.41) is 9.65. The number of aromatic nitrogens is 4. The van der Waals surface area contributed by atoms with Crippen LogP contribution in [-0.2, 0) is 32.5 Å². The van der Waals surface area contributed by atoms with E-state index in [1.807, 2.05) is 0 Å². The third-order valence-corrected chi connectivity index (χ3v) is 16.4. The van der Waals surface area contributed by atoms with E-state index in [0.717, 1.165) is 55.4 Å². The first-order chi connectivity index (χ1) is 35.5. The third-order valence-electron chi connectivity index (χ3n) is 16.4. The van der Waals surface area contributed by atoms with Gasteiger partial charge in [-0.1, -0.05) is 173 Å². The second-order valence-electron chi connectivity index (χ2n) is 28.2. The highest BCUT2D eigenvalue weighted by Gasteiger charge is 2.27. The van der Waals surface area contributed by atoms with Gasteiger partial charge in [0.1, 0.15) is 0 Å². The predicted octanol–water partition coefficient (Wildman–Crippen LogP) is 20.1. The van der Waals surface area contributed by atoms with E-state index in [0.29, 0.717) is 0 Å². The molecule has 0 aliphatic carbocycles. The Balaban J connectivity index is 1.26. The molecule has 0 unspecified atom stereocenters. The van der Waals surface area contributed by atoms with Crippen LogP contribution in [0.5, 0.6) is 0 Å². The summed E-state index contributed by atoms with van der Waals surface area (Å²) in [5.74, 6) is 0. The van der Waals surface area contributed by atoms with E-state index < -0.39 is 0 Å². The average molecular weight is 999 g/mol. The molecule has 0 bridgehead atoms. The molecule has 0 saturated carbocycles. The molecule has 0 aliphatic heterocycles. The van der Waals surface area contributed by atoms with Crippen LogP contribution >= 0.6 is 0 Å². The highest BCUT2D eigenvalue weighted by atomic mass is 15.0. The van der Waals surface area contributed by atoms with Crippen LogP contribution in [0.15, 0.2) is 146 Å². The summed E-state index contributed by atoms with van der Waals surface area (Å²) >= 11 is 0. The third kappa shape index (κ3) is 8.70. The van der Waals surface area contributed by atoms with Crippen molar-refractivity contribution in [2.24, 2.45) is 0 Å². The van der Waals surface area contributed by atoms with Gasteiger partial charge in [0, 0.05) is 56.4 Å². The van der Waals surface area contributed by atoms with Gasteiger partial charge in [-0.15, -0.1) is 0 Å². The Kier molecular flexibility index (Phi) is 11.6. The van der Waals surface area contributed by atoms with Gasteiger partial charge in [-0.25, -0.2) is 0 Å². The quantitative estimate of drug-likeness (QED) is 0.165. The lowest BCUT2D eigenvalue weighted by Crippen LogP contribution is -2.11. The van der Waals surface area contributed by atoms with Crippen molar-refractivity contribution in [3.8, 4) is 33.9 Å². The Morgan fingerprint density at radius 2 is 0.513 bits per heavy atom. The summed E-state index contributed by atoms with van der Waals surface area (Å²) in [5.41, 5.74) is 18.8. The first kappa shape index (κ1) is 51.1. The van der Waals surface area contributed by atoms with E-state index in [2.05, 4.69) is 280 Å². The summed E-state index contributed by atoms with van der Waals surface area (Å²) in [6.45, 7) is 41.3. The molecule has 386 valence electrons. The number of rotatable bonds is 4. The van der Waals surface area contributed by atoms with Crippen LogP contribution in [0.1, 0.15) is 158 Å². The van der Waals surface area contributed by atoms with Gasteiger partial charge in [-0.05, 0) is 172 Å². The molecule has 4 heteroatoms. The molecular formula is C72H78N4. The van der Waals surface area contributed by atoms with Crippen LogP contribution in [0.3, 0.4) is 0 Å². The minimum Gasteiger partial charge on any atom is -0.309 e. The average Bonchev–Trinajstić information content (AvgIpc) is 3.99. The van der Waals surface area contributed by atoms with E-state index in [9.17, 15) is 0 Å². The molecule has 0 spiro atoms. The van der Waals surface area contributed by atoms with Crippen LogP contribution < -0.4 is 0 Å². The topological polar surface area (TPSA) is 35.6 Å². The van der Waals surface area contributed by atoms with Gasteiger partial charge in [0.2, 0.25) is 0 Å². The van der Waals surface area contributed by atoms with Crippen LogP contribution in [0.4, 0.5) is 0 Å². The summed E-state index contributed by atoms with van der Waals surface area (Å²) in [7, 11) is 0. The second-order valence-corrected chi connectivity index (χ2v) is 28.2. The number of pyridine rings is 2. The van der Waals surface area contributed by atoms with Crippen molar-refractivity contribution < 1.29 is 0 Å². The summed E-state index contributed by atoms with van der Waals surface area (Å²) in [6.07, 6.45) is 4.18. The van der Waals surface area contributed by atoms with Gasteiger partial charge in [-0.3, -0.25) is 9.97 Å². The van der Waals surface area contributed by atoms with Crippen molar-refractivity contribution in [1.29, 1.82) is 0 Å². The second kappa shape index (κ2) is 17.2. The highest BCUT2D eigenvalue weighted by Crippen LogP contribution is 2.47. The predicted molar refractivity (Wildman–Crippen MR) is 329 cm³/mol. The maximum Gasteiger partial charge on any atom is 0.0714 e. The van der Waals surface area contributed by atoms with Crippen LogP contribution in [0, 0.1) is 0 Å². The van der Waals surface area contributed by atoms with Gasteiger partial charge in [0.15, 0.2) is 0 Å². The van der Waals surface area contributed by atoms with Crippen molar-refractivity contribution in [2.45, 2.75) is 157 Å². The van der Waals surface area contributed by atoms with E-state index >= 15 is 0 Å². The molecule has 0 atom stereocenters. The summed E-state index contributed by atoms with van der Waals surface area (Å²) in [6, 6.07) is 51.8. The van der Waals surface area contributed by atoms with Gasteiger partial charge < -0.3 is 9.13 Å². The lowest BCUT2D eigenvalue weighted by Gasteiger charge is -2.22. The molecule has 11 aromatic rings. The van der Waals surface area contributed by atoms with Gasteiger partial charge in [0.05, 0.1) is 33.5 Å². The molecule has 0 radical (unpaired) electrons. The molecule has 7 aromatic carbocycles. The number of benzene rings is 7. The number of hydrogen-bond acceptors (Lipinski definition) is 2. The maximum absolute atomic E-state index is 5.40. The van der Waals surface area contributed by atoms with E-state index in [1.165, 1.54) is 77.0 Å². The number of hydrogen-bond donors (Lipinski definition) is 0. The Morgan fingerprint density at radius 1 is 0.250 bits per heavy atom. The van der Waals surface area contributed by atoms with E-state index in [-0.39, 0.29) is 32.5 Å². The molecule has 11 rings (SSSR count). The van der Waals surface area contributed by atoms with E-state index in [4.69, 9.17) is 9.97 Å². The van der Waals surface area contributed by atoms with Crippen LogP contribution in [0.2, 0.25) is 0 Å². The van der Waals surface area contributed by atoms with Crippen LogP contribution in [-0.4, -0.2) is 19.1 Å². The van der Waals surface area contributed by atoms with Gasteiger partial charge in [0.25, 0.3) is 0 Å². The molecule has 0 saturated heterocycles. The lowest BCUT2D eigenvalue weighted by molar-refractivity contribution is 0.587. The highest BCUT2D eigenvalue weighted by molar-refractivity contribution is 6.22. The normalized spacial score (nSPS) is 13.4. The smallest absolute Gasteiger partial charge is 0.0714 e.